The normalized spacial score (nSPS) is 10.5. The number of aliphatic hydroxyl groups excluding tert-OH is 1. The molecule has 6 heteroatoms. The number of aliphatic hydroxyl groups is 1. The quantitative estimate of drug-likeness (QED) is 0.410. The van der Waals surface area contributed by atoms with Crippen LogP contribution in [0.25, 0.3) is 0 Å². The average molecular weight is 382 g/mol. The van der Waals surface area contributed by atoms with E-state index >= 15 is 0 Å². The molecule has 0 heterocycles. The zero-order valence-electron chi connectivity index (χ0n) is 15.8. The Bertz CT molecular complexity index is 709. The maximum absolute atomic E-state index is 12.7. The maximum Gasteiger partial charge on any atom is 0.236 e. The molecule has 0 unspecified atom stereocenters. The van der Waals surface area contributed by atoms with Crippen molar-refractivity contribution in [3.8, 4) is 0 Å². The predicted molar refractivity (Wildman–Crippen MR) is 109 cm³/mol. The Morgan fingerprint density at radius 3 is 1.71 bits per heavy atom. The fourth-order valence-corrected chi connectivity index (χ4v) is 2.81. The van der Waals surface area contributed by atoms with Crippen LogP contribution in [0.2, 0.25) is 0 Å². The largest absolute Gasteiger partial charge is 0.389 e. The summed E-state index contributed by atoms with van der Waals surface area (Å²) in [5.74, 6) is -1.74. The molecule has 0 bridgehead atoms. The van der Waals surface area contributed by atoms with E-state index < -0.39 is 12.5 Å². The molecule has 0 aliphatic carbocycles. The van der Waals surface area contributed by atoms with Crippen LogP contribution in [-0.2, 0) is 14.4 Å². The molecule has 2 aromatic carbocycles. The third-order valence-corrected chi connectivity index (χ3v) is 4.34. The lowest BCUT2D eigenvalue weighted by molar-refractivity contribution is -0.129. The van der Waals surface area contributed by atoms with Crippen LogP contribution in [0, 0.1) is 5.92 Å². The molecule has 2 aromatic rings. The molecule has 3 N–H and O–H groups in total. The smallest absolute Gasteiger partial charge is 0.236 e. The van der Waals surface area contributed by atoms with Crippen molar-refractivity contribution in [2.75, 3.05) is 17.2 Å². The number of para-hydroxylation sites is 2. The number of benzene rings is 2. The molecule has 0 saturated heterocycles. The molecule has 0 spiro atoms. The van der Waals surface area contributed by atoms with Gasteiger partial charge < -0.3 is 15.7 Å². The Balaban J connectivity index is 1.96. The summed E-state index contributed by atoms with van der Waals surface area (Å²) in [4.78, 5) is 36.6. The van der Waals surface area contributed by atoms with Crippen molar-refractivity contribution < 1.29 is 19.5 Å². The van der Waals surface area contributed by atoms with Crippen molar-refractivity contribution in [2.45, 2.75) is 32.1 Å². The number of carbonyl (C=O) groups is 3. The first-order chi connectivity index (χ1) is 13.6. The molecular formula is C22H26N2O4. The minimum atomic E-state index is -0.839. The fraction of sp³-hybridized carbons (Fsp3) is 0.318. The molecule has 6 nitrogen and oxygen atoms in total. The summed E-state index contributed by atoms with van der Waals surface area (Å²) in [6.07, 6.45) is 2.66. The van der Waals surface area contributed by atoms with Gasteiger partial charge in [-0.1, -0.05) is 49.2 Å². The Morgan fingerprint density at radius 2 is 1.25 bits per heavy atom. The summed E-state index contributed by atoms with van der Waals surface area (Å²) in [7, 11) is 0. The van der Waals surface area contributed by atoms with Crippen LogP contribution >= 0.6 is 0 Å². The molecule has 0 atom stereocenters. The standard InChI is InChI=1S/C22H26N2O4/c25-16-19(26)14-8-3-9-15-20(21(27)23-17-10-4-1-5-11-17)22(28)24-18-12-6-2-7-13-18/h1-2,4-7,10-13,20,25H,3,8-9,14-16H2,(H,23,27)(H,24,28). The third kappa shape index (κ3) is 7.32. The fourth-order valence-electron chi connectivity index (χ4n) is 2.81. The van der Waals surface area contributed by atoms with Crippen LogP contribution in [-0.4, -0.2) is 29.3 Å². The zero-order valence-corrected chi connectivity index (χ0v) is 15.8. The number of ketones is 1. The Hall–Kier alpha value is -2.99. The number of hydrogen-bond donors (Lipinski definition) is 3. The molecule has 0 saturated carbocycles. The van der Waals surface area contributed by atoms with E-state index in [4.69, 9.17) is 5.11 Å². The van der Waals surface area contributed by atoms with Crippen molar-refractivity contribution in [1.29, 1.82) is 0 Å². The molecule has 0 aliphatic rings. The Labute approximate surface area is 165 Å². The number of amides is 2. The summed E-state index contributed by atoms with van der Waals surface area (Å²) >= 11 is 0. The van der Waals surface area contributed by atoms with Crippen molar-refractivity contribution in [1.82, 2.24) is 0 Å². The van der Waals surface area contributed by atoms with E-state index in [2.05, 4.69) is 10.6 Å². The molecule has 2 amide bonds. The van der Waals surface area contributed by atoms with Crippen LogP contribution < -0.4 is 10.6 Å². The van der Waals surface area contributed by atoms with Crippen molar-refractivity contribution >= 4 is 29.0 Å². The van der Waals surface area contributed by atoms with Crippen molar-refractivity contribution in [3.63, 3.8) is 0 Å². The van der Waals surface area contributed by atoms with E-state index in [0.29, 0.717) is 43.5 Å². The summed E-state index contributed by atoms with van der Waals surface area (Å²) in [5, 5.41) is 14.3. The lowest BCUT2D eigenvalue weighted by atomic mass is 9.98. The summed E-state index contributed by atoms with van der Waals surface area (Å²) in [6.45, 7) is -0.443. The van der Waals surface area contributed by atoms with Gasteiger partial charge in [-0.05, 0) is 37.1 Å². The number of unbranched alkanes of at least 4 members (excludes halogenated alkanes) is 2. The molecule has 0 radical (unpaired) electrons. The molecule has 0 aromatic heterocycles. The van der Waals surface area contributed by atoms with Gasteiger partial charge in [0, 0.05) is 17.8 Å². The van der Waals surface area contributed by atoms with E-state index in [1.807, 2.05) is 36.4 Å². The number of rotatable bonds is 11. The second kappa shape index (κ2) is 11.7. The van der Waals surface area contributed by atoms with Gasteiger partial charge in [0.2, 0.25) is 11.8 Å². The first kappa shape index (κ1) is 21.3. The lowest BCUT2D eigenvalue weighted by Crippen LogP contribution is -2.34. The highest BCUT2D eigenvalue weighted by Gasteiger charge is 2.26. The lowest BCUT2D eigenvalue weighted by Gasteiger charge is -2.17. The van der Waals surface area contributed by atoms with Crippen LogP contribution in [0.4, 0.5) is 11.4 Å². The van der Waals surface area contributed by atoms with E-state index in [0.717, 1.165) is 0 Å². The SMILES string of the molecule is O=C(CO)CCCCCC(C(=O)Nc1ccccc1)C(=O)Nc1ccccc1. The number of Topliss-reactive ketones (excluding diaryl/α,β-unsaturated/α-hetero) is 1. The maximum atomic E-state index is 12.7. The number of nitrogens with one attached hydrogen (secondary N) is 2. The molecule has 28 heavy (non-hydrogen) atoms. The summed E-state index contributed by atoms with van der Waals surface area (Å²) in [6, 6.07) is 18.0. The predicted octanol–water partition coefficient (Wildman–Crippen LogP) is 3.39. The van der Waals surface area contributed by atoms with E-state index in [-0.39, 0.29) is 17.6 Å². The van der Waals surface area contributed by atoms with Gasteiger partial charge in [0.05, 0.1) is 0 Å². The van der Waals surface area contributed by atoms with Crippen LogP contribution in [0.1, 0.15) is 32.1 Å². The highest BCUT2D eigenvalue weighted by Crippen LogP contribution is 2.17. The highest BCUT2D eigenvalue weighted by atomic mass is 16.3. The third-order valence-electron chi connectivity index (χ3n) is 4.34. The topological polar surface area (TPSA) is 95.5 Å². The molecule has 0 aliphatic heterocycles. The highest BCUT2D eigenvalue weighted by molar-refractivity contribution is 6.10. The minimum absolute atomic E-state index is 0.194. The van der Waals surface area contributed by atoms with Gasteiger partial charge in [-0.2, -0.15) is 0 Å². The first-order valence-corrected chi connectivity index (χ1v) is 9.44. The van der Waals surface area contributed by atoms with E-state index in [1.165, 1.54) is 0 Å². The van der Waals surface area contributed by atoms with Gasteiger partial charge in [-0.3, -0.25) is 14.4 Å². The zero-order chi connectivity index (χ0) is 20.2. The van der Waals surface area contributed by atoms with Gasteiger partial charge >= 0.3 is 0 Å². The van der Waals surface area contributed by atoms with Gasteiger partial charge in [0.1, 0.15) is 12.5 Å². The van der Waals surface area contributed by atoms with Crippen molar-refractivity contribution in [3.05, 3.63) is 60.7 Å². The van der Waals surface area contributed by atoms with Crippen LogP contribution in [0.3, 0.4) is 0 Å². The van der Waals surface area contributed by atoms with Crippen LogP contribution in [0.5, 0.6) is 0 Å². The number of carbonyl (C=O) groups excluding carboxylic acids is 3. The second-order valence-corrected chi connectivity index (χ2v) is 6.56. The molecule has 148 valence electrons. The summed E-state index contributed by atoms with van der Waals surface area (Å²) in [5.41, 5.74) is 1.28. The molecule has 2 rings (SSSR count). The average Bonchev–Trinajstić information content (AvgIpc) is 2.71. The van der Waals surface area contributed by atoms with Gasteiger partial charge in [0.15, 0.2) is 5.78 Å². The Kier molecular flexibility index (Phi) is 8.88. The Morgan fingerprint density at radius 1 is 0.750 bits per heavy atom. The van der Waals surface area contributed by atoms with Gasteiger partial charge in [-0.25, -0.2) is 0 Å². The molecular weight excluding hydrogens is 356 g/mol. The van der Waals surface area contributed by atoms with E-state index in [9.17, 15) is 14.4 Å². The van der Waals surface area contributed by atoms with Gasteiger partial charge in [-0.15, -0.1) is 0 Å². The van der Waals surface area contributed by atoms with E-state index in [1.54, 1.807) is 24.3 Å². The molecule has 0 fully saturated rings. The second-order valence-electron chi connectivity index (χ2n) is 6.56. The number of anilines is 2. The number of hydrogen-bond acceptors (Lipinski definition) is 4. The monoisotopic (exact) mass is 382 g/mol. The summed E-state index contributed by atoms with van der Waals surface area (Å²) < 4.78 is 0. The van der Waals surface area contributed by atoms with Crippen molar-refractivity contribution in [2.24, 2.45) is 5.92 Å². The minimum Gasteiger partial charge on any atom is -0.389 e. The first-order valence-electron chi connectivity index (χ1n) is 9.44. The van der Waals surface area contributed by atoms with Crippen LogP contribution in [0.15, 0.2) is 60.7 Å². The van der Waals surface area contributed by atoms with Gasteiger partial charge in [0.25, 0.3) is 0 Å².